The van der Waals surface area contributed by atoms with Crippen molar-refractivity contribution in [3.05, 3.63) is 94.9 Å². The van der Waals surface area contributed by atoms with E-state index >= 15 is 0 Å². The summed E-state index contributed by atoms with van der Waals surface area (Å²) in [4.78, 5) is 40.4. The van der Waals surface area contributed by atoms with E-state index in [1.54, 1.807) is 48.8 Å². The molecule has 1 unspecified atom stereocenters. The maximum Gasteiger partial charge on any atom is 0.251 e. The van der Waals surface area contributed by atoms with Crippen LogP contribution in [0.3, 0.4) is 0 Å². The topological polar surface area (TPSA) is 112 Å². The van der Waals surface area contributed by atoms with Gasteiger partial charge in [0.1, 0.15) is 0 Å². The predicted molar refractivity (Wildman–Crippen MR) is 148 cm³/mol. The highest BCUT2D eigenvalue weighted by Crippen LogP contribution is 2.34. The predicted octanol–water partition coefficient (Wildman–Crippen LogP) is 4.46. The van der Waals surface area contributed by atoms with Crippen molar-refractivity contribution >= 4 is 40.7 Å². The highest BCUT2D eigenvalue weighted by atomic mass is 35.5. The standard InChI is InChI=1S/C28H26ClN7O2/c1-36(2)24(18-4-3-11-30-14-18)16-31-27(38)17-5-8-21(9-6-17)33-28-32-15-19-12-25(37)34-23-13-20(29)7-10-22(23)26(19)35-28/h3-11,13-15,24H,12,16H2,1-2H3,(H,31,38)(H,34,37)(H,32,33,35). The molecule has 5 rings (SSSR count). The fourth-order valence-corrected chi connectivity index (χ4v) is 4.49. The SMILES string of the molecule is CN(C)C(CNC(=O)c1ccc(Nc2ncc3c(n2)-c2ccc(Cl)cc2NC(=O)C3)cc1)c1cccnc1. The molecule has 2 aromatic heterocycles. The number of halogens is 1. The molecule has 0 fully saturated rings. The van der Waals surface area contributed by atoms with Gasteiger partial charge in [-0.15, -0.1) is 0 Å². The van der Waals surface area contributed by atoms with Gasteiger partial charge in [-0.2, -0.15) is 0 Å². The Morgan fingerprint density at radius 1 is 1.13 bits per heavy atom. The van der Waals surface area contributed by atoms with Crippen molar-refractivity contribution < 1.29 is 9.59 Å². The highest BCUT2D eigenvalue weighted by Gasteiger charge is 2.21. The van der Waals surface area contributed by atoms with E-state index in [9.17, 15) is 9.59 Å². The fraction of sp³-hybridized carbons (Fsp3) is 0.179. The van der Waals surface area contributed by atoms with Crippen LogP contribution in [-0.4, -0.2) is 52.3 Å². The maximum atomic E-state index is 12.8. The second-order valence-corrected chi connectivity index (χ2v) is 9.60. The first-order valence-electron chi connectivity index (χ1n) is 12.0. The van der Waals surface area contributed by atoms with Crippen LogP contribution in [0.25, 0.3) is 11.3 Å². The number of carbonyl (C=O) groups excluding carboxylic acids is 2. The number of hydrogen-bond acceptors (Lipinski definition) is 7. The minimum absolute atomic E-state index is 0.00518. The monoisotopic (exact) mass is 527 g/mol. The number of likely N-dealkylation sites (N-methyl/N-ethyl adjacent to an activating group) is 1. The van der Waals surface area contributed by atoms with Gasteiger partial charge in [0.15, 0.2) is 0 Å². The van der Waals surface area contributed by atoms with E-state index in [-0.39, 0.29) is 24.3 Å². The quantitative estimate of drug-likeness (QED) is 0.325. The van der Waals surface area contributed by atoms with Crippen LogP contribution in [0.4, 0.5) is 17.3 Å². The van der Waals surface area contributed by atoms with Crippen LogP contribution in [0.1, 0.15) is 27.5 Å². The van der Waals surface area contributed by atoms with Gasteiger partial charge in [-0.05, 0) is 68.2 Å². The molecular weight excluding hydrogens is 502 g/mol. The Balaban J connectivity index is 1.28. The largest absolute Gasteiger partial charge is 0.350 e. The van der Waals surface area contributed by atoms with Crippen molar-refractivity contribution in [2.45, 2.75) is 12.5 Å². The maximum absolute atomic E-state index is 12.8. The Hall–Kier alpha value is -4.34. The van der Waals surface area contributed by atoms with Crippen LogP contribution in [-0.2, 0) is 11.2 Å². The second kappa shape index (κ2) is 11.0. The van der Waals surface area contributed by atoms with Crippen molar-refractivity contribution in [2.24, 2.45) is 0 Å². The number of anilines is 3. The molecule has 9 nitrogen and oxygen atoms in total. The normalized spacial score (nSPS) is 13.1. The zero-order chi connectivity index (χ0) is 26.6. The van der Waals surface area contributed by atoms with Crippen LogP contribution in [0.15, 0.2) is 73.2 Å². The van der Waals surface area contributed by atoms with Crippen molar-refractivity contribution in [3.63, 3.8) is 0 Å². The molecule has 1 aliphatic heterocycles. The third kappa shape index (κ3) is 5.64. The van der Waals surface area contributed by atoms with E-state index in [1.165, 1.54) is 0 Å². The Morgan fingerprint density at radius 3 is 2.68 bits per heavy atom. The summed E-state index contributed by atoms with van der Waals surface area (Å²) < 4.78 is 0. The van der Waals surface area contributed by atoms with Crippen LogP contribution < -0.4 is 16.0 Å². The molecule has 3 N–H and O–H groups in total. The number of benzene rings is 2. The highest BCUT2D eigenvalue weighted by molar-refractivity contribution is 6.31. The van der Waals surface area contributed by atoms with Gasteiger partial charge < -0.3 is 20.9 Å². The number of nitrogens with one attached hydrogen (secondary N) is 3. The molecule has 38 heavy (non-hydrogen) atoms. The van der Waals surface area contributed by atoms with Gasteiger partial charge in [-0.25, -0.2) is 9.97 Å². The van der Waals surface area contributed by atoms with Crippen molar-refractivity contribution in [3.8, 4) is 11.3 Å². The summed E-state index contributed by atoms with van der Waals surface area (Å²) in [7, 11) is 3.94. The number of fused-ring (bicyclic) bond motifs is 3. The Morgan fingerprint density at radius 2 is 1.95 bits per heavy atom. The second-order valence-electron chi connectivity index (χ2n) is 9.16. The lowest BCUT2D eigenvalue weighted by Gasteiger charge is -2.24. The molecule has 192 valence electrons. The van der Waals surface area contributed by atoms with E-state index in [0.717, 1.165) is 22.4 Å². The molecule has 0 spiro atoms. The van der Waals surface area contributed by atoms with Gasteiger partial charge in [-0.1, -0.05) is 17.7 Å². The minimum atomic E-state index is -0.166. The molecule has 0 bridgehead atoms. The number of amides is 2. The van der Waals surface area contributed by atoms with E-state index in [0.29, 0.717) is 34.5 Å². The average molecular weight is 528 g/mol. The van der Waals surface area contributed by atoms with E-state index in [2.05, 4.69) is 30.9 Å². The summed E-state index contributed by atoms with van der Waals surface area (Å²) in [6.45, 7) is 0.449. The van der Waals surface area contributed by atoms with Gasteiger partial charge in [0, 0.05) is 52.5 Å². The lowest BCUT2D eigenvalue weighted by molar-refractivity contribution is -0.115. The summed E-state index contributed by atoms with van der Waals surface area (Å²) in [6, 6.07) is 16.3. The molecule has 4 aromatic rings. The number of aromatic nitrogens is 3. The van der Waals surface area contributed by atoms with Crippen LogP contribution >= 0.6 is 11.6 Å². The molecule has 3 heterocycles. The van der Waals surface area contributed by atoms with Gasteiger partial charge in [0.05, 0.1) is 23.8 Å². The summed E-state index contributed by atoms with van der Waals surface area (Å²) in [5.74, 6) is 0.0604. The number of pyridine rings is 1. The molecule has 0 aliphatic carbocycles. The zero-order valence-corrected chi connectivity index (χ0v) is 21.7. The number of carbonyl (C=O) groups is 2. The molecule has 0 saturated carbocycles. The van der Waals surface area contributed by atoms with Gasteiger partial charge in [-0.3, -0.25) is 14.6 Å². The first-order valence-corrected chi connectivity index (χ1v) is 12.4. The third-order valence-electron chi connectivity index (χ3n) is 6.28. The molecule has 1 atom stereocenters. The zero-order valence-electron chi connectivity index (χ0n) is 20.9. The third-order valence-corrected chi connectivity index (χ3v) is 6.51. The lowest BCUT2D eigenvalue weighted by atomic mass is 10.1. The van der Waals surface area contributed by atoms with E-state index in [1.807, 2.05) is 43.4 Å². The molecular formula is C28H26ClN7O2. The van der Waals surface area contributed by atoms with Crippen LogP contribution in [0.2, 0.25) is 5.02 Å². The molecule has 10 heteroatoms. The fourth-order valence-electron chi connectivity index (χ4n) is 4.32. The molecule has 2 amide bonds. The summed E-state index contributed by atoms with van der Waals surface area (Å²) >= 11 is 6.13. The first-order chi connectivity index (χ1) is 18.4. The van der Waals surface area contributed by atoms with Gasteiger partial charge in [0.2, 0.25) is 11.9 Å². The van der Waals surface area contributed by atoms with Gasteiger partial charge >= 0.3 is 0 Å². The first kappa shape index (κ1) is 25.3. The Kier molecular flexibility index (Phi) is 7.30. The Labute approximate surface area is 225 Å². The van der Waals surface area contributed by atoms with Crippen molar-refractivity contribution in [1.29, 1.82) is 0 Å². The number of nitrogens with zero attached hydrogens (tertiary/aromatic N) is 4. The van der Waals surface area contributed by atoms with Crippen molar-refractivity contribution in [2.75, 3.05) is 31.3 Å². The van der Waals surface area contributed by atoms with Gasteiger partial charge in [0.25, 0.3) is 5.91 Å². The Bertz CT molecular complexity index is 1480. The molecule has 0 saturated heterocycles. The minimum Gasteiger partial charge on any atom is -0.350 e. The van der Waals surface area contributed by atoms with Crippen molar-refractivity contribution in [1.82, 2.24) is 25.2 Å². The van der Waals surface area contributed by atoms with Crippen LogP contribution in [0, 0.1) is 0 Å². The smallest absolute Gasteiger partial charge is 0.251 e. The number of rotatable bonds is 7. The van der Waals surface area contributed by atoms with E-state index in [4.69, 9.17) is 11.6 Å². The molecule has 2 aromatic carbocycles. The average Bonchev–Trinajstić information content (AvgIpc) is 3.04. The lowest BCUT2D eigenvalue weighted by Crippen LogP contribution is -2.34. The summed E-state index contributed by atoms with van der Waals surface area (Å²) in [5, 5.41) is 9.59. The summed E-state index contributed by atoms with van der Waals surface area (Å²) in [5.41, 5.74) is 5.07. The molecule has 1 aliphatic rings. The van der Waals surface area contributed by atoms with Crippen LogP contribution in [0.5, 0.6) is 0 Å². The summed E-state index contributed by atoms with van der Waals surface area (Å²) in [6.07, 6.45) is 5.36. The number of hydrogen-bond donors (Lipinski definition) is 3. The molecule has 0 radical (unpaired) electrons. The van der Waals surface area contributed by atoms with E-state index < -0.39 is 0 Å².